The number of nitrogens with two attached hydrogens (primary N) is 1. The van der Waals surface area contributed by atoms with Crippen molar-refractivity contribution in [3.05, 3.63) is 0 Å². The molecule has 1 rings (SSSR count). The fourth-order valence-electron chi connectivity index (χ4n) is 2.41. The zero-order valence-corrected chi connectivity index (χ0v) is 13.4. The van der Waals surface area contributed by atoms with Crippen LogP contribution in [0.2, 0.25) is 0 Å². The molecule has 0 spiro atoms. The highest BCUT2D eigenvalue weighted by Gasteiger charge is 2.19. The zero-order valence-electron chi connectivity index (χ0n) is 13.4. The van der Waals surface area contributed by atoms with E-state index in [2.05, 4.69) is 29.1 Å². The van der Waals surface area contributed by atoms with Gasteiger partial charge in [0.1, 0.15) is 0 Å². The van der Waals surface area contributed by atoms with Crippen molar-refractivity contribution >= 4 is 5.96 Å². The lowest BCUT2D eigenvalue weighted by atomic mass is 9.98. The number of nitrogens with one attached hydrogen (secondary N) is 1. The Morgan fingerprint density at radius 1 is 1.45 bits per heavy atom. The molecule has 0 amide bonds. The number of guanidine groups is 1. The highest BCUT2D eigenvalue weighted by atomic mass is 16.5. The van der Waals surface area contributed by atoms with Gasteiger partial charge in [0.2, 0.25) is 0 Å². The largest absolute Gasteiger partial charge is 0.382 e. The van der Waals surface area contributed by atoms with Gasteiger partial charge in [-0.3, -0.25) is 9.89 Å². The average molecular weight is 284 g/mol. The summed E-state index contributed by atoms with van der Waals surface area (Å²) in [4.78, 5) is 6.96. The molecule has 1 fully saturated rings. The summed E-state index contributed by atoms with van der Waals surface area (Å²) in [5, 5.41) is 3.14. The van der Waals surface area contributed by atoms with Gasteiger partial charge >= 0.3 is 0 Å². The second-order valence-corrected chi connectivity index (χ2v) is 5.77. The lowest BCUT2D eigenvalue weighted by Crippen LogP contribution is -2.42. The Morgan fingerprint density at radius 3 is 2.80 bits per heavy atom. The number of piperidine rings is 1. The van der Waals surface area contributed by atoms with Gasteiger partial charge in [-0.15, -0.1) is 0 Å². The summed E-state index contributed by atoms with van der Waals surface area (Å²) in [6, 6.07) is 0.478. The van der Waals surface area contributed by atoms with E-state index in [4.69, 9.17) is 10.5 Å². The Hall–Kier alpha value is -0.810. The summed E-state index contributed by atoms with van der Waals surface area (Å²) in [7, 11) is 0. The molecule has 1 heterocycles. The first-order valence-electron chi connectivity index (χ1n) is 7.99. The number of nitrogens with zero attached hydrogens (tertiary/aromatic N) is 2. The van der Waals surface area contributed by atoms with Gasteiger partial charge in [-0.1, -0.05) is 6.92 Å². The second-order valence-electron chi connectivity index (χ2n) is 5.77. The molecule has 5 heteroatoms. The summed E-state index contributed by atoms with van der Waals surface area (Å²) in [6.07, 6.45) is 3.57. The second kappa shape index (κ2) is 10.00. The van der Waals surface area contributed by atoms with Crippen molar-refractivity contribution in [2.75, 3.05) is 39.4 Å². The van der Waals surface area contributed by atoms with Crippen LogP contribution in [0.1, 0.15) is 40.0 Å². The molecular formula is C15H32N4O. The molecule has 1 aliphatic heterocycles. The van der Waals surface area contributed by atoms with Crippen LogP contribution in [0.25, 0.3) is 0 Å². The van der Waals surface area contributed by atoms with E-state index in [0.717, 1.165) is 38.6 Å². The number of hydrogen-bond acceptors (Lipinski definition) is 3. The van der Waals surface area contributed by atoms with E-state index in [1.165, 1.54) is 25.9 Å². The van der Waals surface area contributed by atoms with E-state index < -0.39 is 0 Å². The van der Waals surface area contributed by atoms with Gasteiger partial charge in [0.15, 0.2) is 5.96 Å². The molecular weight excluding hydrogens is 252 g/mol. The summed E-state index contributed by atoms with van der Waals surface area (Å²) < 4.78 is 5.27. The predicted molar refractivity (Wildman–Crippen MR) is 85.0 cm³/mol. The number of hydrogen-bond donors (Lipinski definition) is 2. The van der Waals surface area contributed by atoms with Crippen molar-refractivity contribution in [2.24, 2.45) is 16.6 Å². The van der Waals surface area contributed by atoms with Crippen LogP contribution in [-0.2, 0) is 4.74 Å². The quantitative estimate of drug-likeness (QED) is 0.402. The third kappa shape index (κ3) is 7.10. The molecule has 3 N–H and O–H groups in total. The van der Waals surface area contributed by atoms with Crippen LogP contribution in [0.5, 0.6) is 0 Å². The van der Waals surface area contributed by atoms with E-state index in [1.807, 2.05) is 6.92 Å². The highest BCUT2D eigenvalue weighted by molar-refractivity contribution is 5.77. The lowest BCUT2D eigenvalue weighted by Gasteiger charge is -2.34. The van der Waals surface area contributed by atoms with E-state index in [9.17, 15) is 0 Å². The number of ether oxygens (including phenoxy) is 1. The Balaban J connectivity index is 2.14. The first-order valence-corrected chi connectivity index (χ1v) is 7.99. The number of likely N-dealkylation sites (tertiary alicyclic amines) is 1. The van der Waals surface area contributed by atoms with Crippen LogP contribution in [0.15, 0.2) is 4.99 Å². The van der Waals surface area contributed by atoms with Gasteiger partial charge in [0.05, 0.1) is 6.54 Å². The SMILES string of the molecule is CCOCCCNC(N)=NC[C@H](C)N1CCC(C)CC1. The van der Waals surface area contributed by atoms with Crippen LogP contribution >= 0.6 is 0 Å². The van der Waals surface area contributed by atoms with Crippen molar-refractivity contribution in [3.63, 3.8) is 0 Å². The molecule has 118 valence electrons. The van der Waals surface area contributed by atoms with Crippen molar-refractivity contribution in [3.8, 4) is 0 Å². The van der Waals surface area contributed by atoms with E-state index in [0.29, 0.717) is 12.0 Å². The van der Waals surface area contributed by atoms with E-state index in [-0.39, 0.29) is 0 Å². The lowest BCUT2D eigenvalue weighted by molar-refractivity contribution is 0.145. The minimum atomic E-state index is 0.478. The van der Waals surface area contributed by atoms with E-state index >= 15 is 0 Å². The van der Waals surface area contributed by atoms with Crippen LogP contribution in [0, 0.1) is 5.92 Å². The maximum Gasteiger partial charge on any atom is 0.188 e. The standard InChI is InChI=1S/C15H32N4O/c1-4-20-11-5-8-17-15(16)18-12-14(3)19-9-6-13(2)7-10-19/h13-14H,4-12H2,1-3H3,(H3,16,17,18)/t14-/m0/s1. The Kier molecular flexibility index (Phi) is 8.62. The molecule has 0 radical (unpaired) electrons. The smallest absolute Gasteiger partial charge is 0.188 e. The van der Waals surface area contributed by atoms with E-state index in [1.54, 1.807) is 0 Å². The summed E-state index contributed by atoms with van der Waals surface area (Å²) >= 11 is 0. The summed E-state index contributed by atoms with van der Waals surface area (Å²) in [5.41, 5.74) is 5.87. The molecule has 1 atom stereocenters. The van der Waals surface area contributed by atoms with Crippen molar-refractivity contribution < 1.29 is 4.74 Å². The molecule has 0 unspecified atom stereocenters. The highest BCUT2D eigenvalue weighted by Crippen LogP contribution is 2.17. The van der Waals surface area contributed by atoms with Crippen LogP contribution < -0.4 is 11.1 Å². The minimum Gasteiger partial charge on any atom is -0.382 e. The molecule has 0 bridgehead atoms. The van der Waals surface area contributed by atoms with Gasteiger partial charge < -0.3 is 15.8 Å². The molecule has 1 aliphatic rings. The van der Waals surface area contributed by atoms with Crippen LogP contribution in [0.3, 0.4) is 0 Å². The first kappa shape index (κ1) is 17.2. The normalized spacial score (nSPS) is 20.1. The first-order chi connectivity index (χ1) is 9.63. The number of rotatable bonds is 8. The number of aliphatic imine (C=N–C) groups is 1. The fourth-order valence-corrected chi connectivity index (χ4v) is 2.41. The Bertz CT molecular complexity index is 275. The van der Waals surface area contributed by atoms with Gasteiger partial charge in [0, 0.05) is 25.8 Å². The maximum absolute atomic E-state index is 5.87. The van der Waals surface area contributed by atoms with Crippen LogP contribution in [0.4, 0.5) is 0 Å². The predicted octanol–water partition coefficient (Wildman–Crippen LogP) is 1.44. The van der Waals surface area contributed by atoms with Gasteiger partial charge in [-0.25, -0.2) is 0 Å². The molecule has 0 aromatic rings. The maximum atomic E-state index is 5.87. The molecule has 0 saturated carbocycles. The molecule has 5 nitrogen and oxygen atoms in total. The van der Waals surface area contributed by atoms with Crippen LogP contribution in [-0.4, -0.2) is 56.3 Å². The molecule has 0 aliphatic carbocycles. The monoisotopic (exact) mass is 284 g/mol. The summed E-state index contributed by atoms with van der Waals surface area (Å²) in [6.45, 7) is 12.1. The van der Waals surface area contributed by atoms with Gasteiger partial charge in [-0.2, -0.15) is 0 Å². The fraction of sp³-hybridized carbons (Fsp3) is 0.933. The third-order valence-electron chi connectivity index (χ3n) is 3.94. The van der Waals surface area contributed by atoms with Crippen molar-refractivity contribution in [2.45, 2.75) is 46.1 Å². The third-order valence-corrected chi connectivity index (χ3v) is 3.94. The van der Waals surface area contributed by atoms with Gasteiger partial charge in [-0.05, 0) is 52.1 Å². The zero-order chi connectivity index (χ0) is 14.8. The molecule has 1 saturated heterocycles. The van der Waals surface area contributed by atoms with Crippen molar-refractivity contribution in [1.29, 1.82) is 0 Å². The minimum absolute atomic E-state index is 0.478. The molecule has 0 aromatic carbocycles. The Morgan fingerprint density at radius 2 is 2.15 bits per heavy atom. The molecule has 20 heavy (non-hydrogen) atoms. The summed E-state index contributed by atoms with van der Waals surface area (Å²) in [5.74, 6) is 1.43. The topological polar surface area (TPSA) is 62.9 Å². The van der Waals surface area contributed by atoms with Crippen molar-refractivity contribution in [1.82, 2.24) is 10.2 Å². The Labute approximate surface area is 124 Å². The molecule has 0 aromatic heterocycles. The average Bonchev–Trinajstić information content (AvgIpc) is 2.45. The van der Waals surface area contributed by atoms with Gasteiger partial charge in [0.25, 0.3) is 0 Å².